The van der Waals surface area contributed by atoms with Gasteiger partial charge in [0.1, 0.15) is 23.7 Å². The fraction of sp³-hybridized carbons (Fsp3) is 0.333. The van der Waals surface area contributed by atoms with Crippen molar-refractivity contribution in [3.63, 3.8) is 0 Å². The number of nitrogens with one attached hydrogen (secondary N) is 2. The number of benzene rings is 2. The first kappa shape index (κ1) is 26.1. The van der Waals surface area contributed by atoms with E-state index in [-0.39, 0.29) is 47.6 Å². The van der Waals surface area contributed by atoms with Crippen LogP contribution in [0.15, 0.2) is 48.8 Å². The highest BCUT2D eigenvalue weighted by Gasteiger charge is 2.30. The lowest BCUT2D eigenvalue weighted by molar-refractivity contribution is -0.117. The number of carbonyl (C=O) groups excluding carboxylic acids is 2. The maximum atomic E-state index is 14.0. The van der Waals surface area contributed by atoms with Crippen molar-refractivity contribution in [2.45, 2.75) is 51.9 Å². The number of aromatic nitrogens is 2. The number of aryl methyl sites for hydroxylation is 2. The molecule has 194 valence electrons. The molecule has 3 aromatic rings. The third-order valence-electron chi connectivity index (χ3n) is 5.92. The molecule has 0 saturated heterocycles. The Bertz CT molecular complexity index is 1310. The van der Waals surface area contributed by atoms with Crippen molar-refractivity contribution in [2.24, 2.45) is 5.92 Å². The fourth-order valence-corrected chi connectivity index (χ4v) is 3.69. The second-order valence-corrected chi connectivity index (χ2v) is 9.18. The molecule has 2 aromatic carbocycles. The summed E-state index contributed by atoms with van der Waals surface area (Å²) >= 11 is 0. The van der Waals surface area contributed by atoms with E-state index in [0.29, 0.717) is 23.7 Å². The van der Waals surface area contributed by atoms with E-state index < -0.39 is 11.7 Å². The van der Waals surface area contributed by atoms with E-state index in [2.05, 4.69) is 20.6 Å². The number of ether oxygens (including phenoxy) is 1. The molecule has 1 aliphatic rings. The summed E-state index contributed by atoms with van der Waals surface area (Å²) in [6.07, 6.45) is 3.63. The molecule has 1 saturated carbocycles. The number of hydrogen-bond acceptors (Lipinski definition) is 5. The van der Waals surface area contributed by atoms with E-state index in [0.717, 1.165) is 43.5 Å². The Labute approximate surface area is 212 Å². The predicted octanol–water partition coefficient (Wildman–Crippen LogP) is 6.14. The third kappa shape index (κ3) is 7.28. The van der Waals surface area contributed by atoms with Crippen LogP contribution in [0.1, 0.15) is 49.3 Å². The van der Waals surface area contributed by atoms with Crippen LogP contribution in [0.4, 0.5) is 24.7 Å². The van der Waals surface area contributed by atoms with E-state index in [1.807, 2.05) is 0 Å². The normalized spacial score (nSPS) is 13.2. The van der Waals surface area contributed by atoms with Gasteiger partial charge in [0.2, 0.25) is 17.7 Å². The predicted molar refractivity (Wildman–Crippen MR) is 132 cm³/mol. The van der Waals surface area contributed by atoms with Gasteiger partial charge in [-0.1, -0.05) is 6.07 Å². The Hall–Kier alpha value is -3.95. The van der Waals surface area contributed by atoms with Crippen LogP contribution >= 0.6 is 0 Å². The molecule has 0 bridgehead atoms. The number of hydrogen-bond donors (Lipinski definition) is 2. The van der Waals surface area contributed by atoms with Gasteiger partial charge in [-0.05, 0) is 74.1 Å². The summed E-state index contributed by atoms with van der Waals surface area (Å²) in [6, 6.07) is 9.87. The van der Waals surface area contributed by atoms with E-state index in [4.69, 9.17) is 4.74 Å². The molecule has 7 nitrogen and oxygen atoms in total. The van der Waals surface area contributed by atoms with Crippen LogP contribution in [0.3, 0.4) is 0 Å². The first-order chi connectivity index (χ1) is 17.6. The average Bonchev–Trinajstić information content (AvgIpc) is 3.67. The minimum absolute atomic E-state index is 0.0470. The summed E-state index contributed by atoms with van der Waals surface area (Å²) in [5.74, 6) is -2.79. The van der Waals surface area contributed by atoms with Gasteiger partial charge in [0, 0.05) is 36.6 Å². The second kappa shape index (κ2) is 11.0. The number of carbonyl (C=O) groups is 2. The van der Waals surface area contributed by atoms with E-state index in [9.17, 15) is 22.8 Å². The Morgan fingerprint density at radius 3 is 2.57 bits per heavy atom. The molecule has 1 aliphatic carbocycles. The van der Waals surface area contributed by atoms with Crippen molar-refractivity contribution in [1.29, 1.82) is 0 Å². The van der Waals surface area contributed by atoms with Crippen LogP contribution in [-0.2, 0) is 21.9 Å². The van der Waals surface area contributed by atoms with Crippen LogP contribution in [0.2, 0.25) is 0 Å². The number of anilines is 2. The highest BCUT2D eigenvalue weighted by atomic mass is 19.3. The molecule has 2 N–H and O–H groups in total. The monoisotopic (exact) mass is 512 g/mol. The van der Waals surface area contributed by atoms with Gasteiger partial charge in [-0.15, -0.1) is 0 Å². The highest BCUT2D eigenvalue weighted by molar-refractivity contribution is 5.93. The molecule has 10 heteroatoms. The van der Waals surface area contributed by atoms with Crippen LogP contribution in [0.25, 0.3) is 0 Å². The van der Waals surface area contributed by atoms with Crippen LogP contribution in [0.5, 0.6) is 11.6 Å². The van der Waals surface area contributed by atoms with Gasteiger partial charge in [0.25, 0.3) is 5.92 Å². The van der Waals surface area contributed by atoms with Crippen LogP contribution in [0, 0.1) is 18.7 Å². The van der Waals surface area contributed by atoms with Crippen molar-refractivity contribution >= 4 is 23.3 Å². The molecule has 2 amide bonds. The first-order valence-corrected chi connectivity index (χ1v) is 12.0. The second-order valence-electron chi connectivity index (χ2n) is 9.18. The first-order valence-electron chi connectivity index (χ1n) is 12.0. The van der Waals surface area contributed by atoms with Crippen molar-refractivity contribution in [2.75, 3.05) is 10.6 Å². The molecular formula is C27H27F3N4O3. The molecule has 0 aliphatic heterocycles. The van der Waals surface area contributed by atoms with E-state index in [1.54, 1.807) is 25.1 Å². The molecule has 1 aromatic heterocycles. The molecule has 0 atom stereocenters. The molecular weight excluding hydrogens is 485 g/mol. The van der Waals surface area contributed by atoms with Crippen molar-refractivity contribution in [1.82, 2.24) is 9.97 Å². The van der Waals surface area contributed by atoms with Gasteiger partial charge in [-0.2, -0.15) is 0 Å². The number of rotatable bonds is 10. The average molecular weight is 513 g/mol. The summed E-state index contributed by atoms with van der Waals surface area (Å²) in [4.78, 5) is 32.4. The summed E-state index contributed by atoms with van der Waals surface area (Å²) < 4.78 is 46.9. The van der Waals surface area contributed by atoms with Crippen LogP contribution < -0.4 is 15.4 Å². The third-order valence-corrected chi connectivity index (χ3v) is 5.92. The molecule has 1 fully saturated rings. The van der Waals surface area contributed by atoms with Gasteiger partial charge < -0.3 is 15.4 Å². The molecule has 4 rings (SSSR count). The summed E-state index contributed by atoms with van der Waals surface area (Å²) in [7, 11) is 0. The van der Waals surface area contributed by atoms with Gasteiger partial charge in [0.15, 0.2) is 0 Å². The summed E-state index contributed by atoms with van der Waals surface area (Å²) in [5, 5.41) is 5.52. The maximum Gasteiger partial charge on any atom is 0.270 e. The largest absolute Gasteiger partial charge is 0.439 e. The minimum atomic E-state index is -3.06. The molecule has 0 spiro atoms. The smallest absolute Gasteiger partial charge is 0.270 e. The fourth-order valence-electron chi connectivity index (χ4n) is 3.69. The van der Waals surface area contributed by atoms with Crippen molar-refractivity contribution in [3.05, 3.63) is 71.3 Å². The Morgan fingerprint density at radius 2 is 1.86 bits per heavy atom. The van der Waals surface area contributed by atoms with Crippen LogP contribution in [-0.4, -0.2) is 21.8 Å². The molecule has 0 radical (unpaired) electrons. The zero-order valence-electron chi connectivity index (χ0n) is 20.5. The number of alkyl halides is 2. The lowest BCUT2D eigenvalue weighted by atomic mass is 10.0. The van der Waals surface area contributed by atoms with Crippen molar-refractivity contribution in [3.8, 4) is 11.6 Å². The van der Waals surface area contributed by atoms with E-state index >= 15 is 0 Å². The summed E-state index contributed by atoms with van der Waals surface area (Å²) in [6.45, 7) is 2.57. The molecule has 37 heavy (non-hydrogen) atoms. The lowest BCUT2D eigenvalue weighted by Crippen LogP contribution is -2.14. The number of halogens is 3. The Balaban J connectivity index is 1.30. The Morgan fingerprint density at radius 1 is 1.08 bits per heavy atom. The van der Waals surface area contributed by atoms with Crippen molar-refractivity contribution < 1.29 is 27.5 Å². The number of amides is 2. The standard InChI is InChI=1S/C27H27F3N4O3/c1-16-12-20(33-24(35)5-3-4-18-13-19(27(2,29)30)8-10-21(18)28)9-11-22(16)37-25-14-23(31-15-32-25)34-26(36)17-6-7-17/h8-15,17H,3-7H2,1-2H3,(H,33,35)(H,31,32,34,36). The highest BCUT2D eigenvalue weighted by Crippen LogP contribution is 2.31. The quantitative estimate of drug-likeness (QED) is 0.341. The lowest BCUT2D eigenvalue weighted by Gasteiger charge is -2.13. The SMILES string of the molecule is Cc1cc(NC(=O)CCCc2cc(C(C)(F)F)ccc2F)ccc1Oc1cc(NC(=O)C2CC2)ncn1. The summed E-state index contributed by atoms with van der Waals surface area (Å²) in [5.41, 5.74) is 1.18. The topological polar surface area (TPSA) is 93.2 Å². The maximum absolute atomic E-state index is 14.0. The van der Waals surface area contributed by atoms with Gasteiger partial charge in [-0.25, -0.2) is 23.1 Å². The zero-order chi connectivity index (χ0) is 26.6. The molecule has 1 heterocycles. The molecule has 0 unspecified atom stereocenters. The van der Waals surface area contributed by atoms with Gasteiger partial charge in [0.05, 0.1) is 0 Å². The minimum Gasteiger partial charge on any atom is -0.439 e. The zero-order valence-corrected chi connectivity index (χ0v) is 20.5. The number of nitrogens with zero attached hydrogens (tertiary/aromatic N) is 2. The Kier molecular flexibility index (Phi) is 7.75. The van der Waals surface area contributed by atoms with Gasteiger partial charge >= 0.3 is 0 Å². The van der Waals surface area contributed by atoms with Gasteiger partial charge in [-0.3, -0.25) is 9.59 Å². The van der Waals surface area contributed by atoms with E-state index in [1.165, 1.54) is 12.4 Å².